The zero-order valence-corrected chi connectivity index (χ0v) is 16.2. The summed E-state index contributed by atoms with van der Waals surface area (Å²) in [7, 11) is 3.14. The van der Waals surface area contributed by atoms with Gasteiger partial charge in [-0.15, -0.1) is 11.6 Å². The highest BCUT2D eigenvalue weighted by molar-refractivity contribution is 6.18. The maximum atomic E-state index is 13.2. The molecule has 0 spiro atoms. The van der Waals surface area contributed by atoms with E-state index in [2.05, 4.69) is 5.10 Å². The minimum atomic E-state index is -0.387. The van der Waals surface area contributed by atoms with E-state index in [4.69, 9.17) is 16.3 Å². The number of halogens is 2. The van der Waals surface area contributed by atoms with E-state index in [0.29, 0.717) is 30.0 Å². The van der Waals surface area contributed by atoms with E-state index in [0.717, 1.165) is 5.56 Å². The van der Waals surface area contributed by atoms with Crippen molar-refractivity contribution < 1.29 is 13.9 Å². The van der Waals surface area contributed by atoms with Crippen LogP contribution in [0.3, 0.4) is 0 Å². The highest BCUT2D eigenvalue weighted by Gasteiger charge is 2.33. The predicted molar refractivity (Wildman–Crippen MR) is 103 cm³/mol. The largest absolute Gasteiger partial charge is 0.493 e. The van der Waals surface area contributed by atoms with Crippen LogP contribution in [0.2, 0.25) is 0 Å². The number of nitrogens with zero attached hydrogens (tertiary/aromatic N) is 4. The molecule has 28 heavy (non-hydrogen) atoms. The van der Waals surface area contributed by atoms with Gasteiger partial charge in [0.15, 0.2) is 11.4 Å². The summed E-state index contributed by atoms with van der Waals surface area (Å²) in [6, 6.07) is 5.84. The minimum absolute atomic E-state index is 0.0663. The molecule has 0 N–H and O–H groups in total. The number of benzene rings is 1. The van der Waals surface area contributed by atoms with Crippen LogP contribution in [0.15, 0.2) is 29.1 Å². The number of methoxy groups -OCH3 is 1. The van der Waals surface area contributed by atoms with Gasteiger partial charge in [-0.05, 0) is 17.7 Å². The molecule has 0 fully saturated rings. The molecule has 1 aliphatic heterocycles. The third-order valence-electron chi connectivity index (χ3n) is 4.97. The molecule has 146 valence electrons. The number of amides is 1. The molecule has 1 aliphatic rings. The molecule has 9 heteroatoms. The second-order valence-electron chi connectivity index (χ2n) is 6.65. The second-order valence-corrected chi connectivity index (χ2v) is 6.92. The number of hydrogen-bond acceptors (Lipinski definition) is 4. The monoisotopic (exact) mass is 404 g/mol. The van der Waals surface area contributed by atoms with Crippen molar-refractivity contribution in [1.82, 2.24) is 19.2 Å². The van der Waals surface area contributed by atoms with Gasteiger partial charge in [-0.1, -0.05) is 12.1 Å². The zero-order chi connectivity index (χ0) is 20.0. The van der Waals surface area contributed by atoms with Crippen molar-refractivity contribution in [1.29, 1.82) is 0 Å². The van der Waals surface area contributed by atoms with E-state index in [1.54, 1.807) is 28.6 Å². The van der Waals surface area contributed by atoms with Crippen LogP contribution in [0.4, 0.5) is 4.39 Å². The summed E-state index contributed by atoms with van der Waals surface area (Å²) >= 11 is 6.14. The van der Waals surface area contributed by atoms with Gasteiger partial charge in [0.05, 0.1) is 25.1 Å². The van der Waals surface area contributed by atoms with E-state index in [1.807, 2.05) is 0 Å². The van der Waals surface area contributed by atoms with Crippen molar-refractivity contribution in [2.45, 2.75) is 19.0 Å². The van der Waals surface area contributed by atoms with Crippen molar-refractivity contribution in [3.8, 4) is 5.75 Å². The van der Waals surface area contributed by atoms with E-state index in [9.17, 15) is 14.0 Å². The van der Waals surface area contributed by atoms with Crippen LogP contribution in [-0.4, -0.2) is 45.9 Å². The third-order valence-corrected chi connectivity index (χ3v) is 5.22. The highest BCUT2D eigenvalue weighted by Crippen LogP contribution is 2.35. The molecule has 0 unspecified atom stereocenters. The average Bonchev–Trinajstić information content (AvgIpc) is 3.04. The van der Waals surface area contributed by atoms with Crippen LogP contribution in [0, 0.1) is 5.82 Å². The zero-order valence-electron chi connectivity index (χ0n) is 15.4. The summed E-state index contributed by atoms with van der Waals surface area (Å²) in [6.45, 7) is 1.18. The Morgan fingerprint density at radius 1 is 1.21 bits per heavy atom. The molecule has 0 radical (unpaired) electrons. The maximum absolute atomic E-state index is 13.2. The summed E-state index contributed by atoms with van der Waals surface area (Å²) in [5.41, 5.74) is 1.68. The quantitative estimate of drug-likeness (QED) is 0.625. The van der Waals surface area contributed by atoms with E-state index >= 15 is 0 Å². The summed E-state index contributed by atoms with van der Waals surface area (Å²) in [6.07, 6.45) is 0. The smallest absolute Gasteiger partial charge is 0.280 e. The number of alkyl halides is 1. The molecule has 1 amide bonds. The fourth-order valence-electron chi connectivity index (χ4n) is 3.59. The Balaban J connectivity index is 1.98. The molecule has 0 aliphatic carbocycles. The number of rotatable bonds is 4. The van der Waals surface area contributed by atoms with Gasteiger partial charge < -0.3 is 14.2 Å². The molecular weight excluding hydrogens is 387 g/mol. The first kappa shape index (κ1) is 18.5. The van der Waals surface area contributed by atoms with Crippen LogP contribution in [0.5, 0.6) is 5.75 Å². The van der Waals surface area contributed by atoms with Gasteiger partial charge in [0, 0.05) is 20.1 Å². The lowest BCUT2D eigenvalue weighted by Crippen LogP contribution is -2.37. The molecule has 1 aromatic carbocycles. The van der Waals surface area contributed by atoms with Crippen LogP contribution in [0.1, 0.15) is 21.7 Å². The van der Waals surface area contributed by atoms with Crippen LogP contribution < -0.4 is 10.3 Å². The molecule has 2 aromatic heterocycles. The maximum Gasteiger partial charge on any atom is 0.280 e. The first-order valence-electron chi connectivity index (χ1n) is 8.72. The van der Waals surface area contributed by atoms with Crippen molar-refractivity contribution in [2.24, 2.45) is 0 Å². The van der Waals surface area contributed by atoms with Crippen molar-refractivity contribution in [2.75, 3.05) is 20.7 Å². The standard InChI is InChI=1S/C19H18ClFN4O3/c1-23-7-8-24-15-13(9-20)22-25(10-11-3-5-12(21)6-4-11)18(26)14(15)17(28-2)16(24)19(23)27/h3-6H,7-10H2,1-2H3. The number of fused-ring (bicyclic) bond motifs is 3. The first-order chi connectivity index (χ1) is 13.5. The Morgan fingerprint density at radius 2 is 1.93 bits per heavy atom. The Bertz CT molecular complexity index is 1140. The summed E-state index contributed by atoms with van der Waals surface area (Å²) < 4.78 is 21.7. The number of carbonyl (C=O) groups is 1. The van der Waals surface area contributed by atoms with Gasteiger partial charge in [0.1, 0.15) is 16.9 Å². The Labute approximate surface area is 164 Å². The third kappa shape index (κ3) is 2.75. The van der Waals surface area contributed by atoms with Gasteiger partial charge in [-0.3, -0.25) is 9.59 Å². The Hall–Kier alpha value is -2.87. The fraction of sp³-hybridized carbons (Fsp3) is 0.316. The van der Waals surface area contributed by atoms with Gasteiger partial charge in [0.2, 0.25) is 0 Å². The molecule has 3 heterocycles. The molecule has 7 nitrogen and oxygen atoms in total. The minimum Gasteiger partial charge on any atom is -0.493 e. The second kappa shape index (κ2) is 6.94. The van der Waals surface area contributed by atoms with Gasteiger partial charge >= 0.3 is 0 Å². The van der Waals surface area contributed by atoms with Crippen molar-refractivity contribution >= 4 is 28.4 Å². The van der Waals surface area contributed by atoms with Crippen LogP contribution >= 0.6 is 11.6 Å². The number of carbonyl (C=O) groups excluding carboxylic acids is 1. The lowest BCUT2D eigenvalue weighted by atomic mass is 10.2. The molecule has 0 saturated heterocycles. The number of ether oxygens (including phenoxy) is 1. The lowest BCUT2D eigenvalue weighted by Gasteiger charge is -2.25. The molecule has 0 saturated carbocycles. The normalized spacial score (nSPS) is 13.9. The SMILES string of the molecule is COc1c2n(c3c(CCl)nn(Cc4ccc(F)cc4)c(=O)c13)CCN(C)C2=O. The lowest BCUT2D eigenvalue weighted by molar-refractivity contribution is 0.0746. The Kier molecular flexibility index (Phi) is 4.58. The van der Waals surface area contributed by atoms with Gasteiger partial charge in [-0.2, -0.15) is 5.10 Å². The van der Waals surface area contributed by atoms with E-state index in [-0.39, 0.29) is 40.8 Å². The first-order valence-corrected chi connectivity index (χ1v) is 9.25. The molecule has 0 bridgehead atoms. The summed E-state index contributed by atoms with van der Waals surface area (Å²) in [5.74, 6) is -0.274. The number of hydrogen-bond donors (Lipinski definition) is 0. The molecule has 4 rings (SSSR count). The molecule has 0 atom stereocenters. The Morgan fingerprint density at radius 3 is 2.57 bits per heavy atom. The fourth-order valence-corrected chi connectivity index (χ4v) is 3.77. The van der Waals surface area contributed by atoms with Crippen LogP contribution in [-0.2, 0) is 19.0 Å². The summed E-state index contributed by atoms with van der Waals surface area (Å²) in [5, 5.41) is 4.70. The predicted octanol–water partition coefficient (Wildman–Crippen LogP) is 2.22. The van der Waals surface area contributed by atoms with E-state index < -0.39 is 0 Å². The summed E-state index contributed by atoms with van der Waals surface area (Å²) in [4.78, 5) is 27.5. The van der Waals surface area contributed by atoms with E-state index in [1.165, 1.54) is 23.9 Å². The molecule has 3 aromatic rings. The average molecular weight is 405 g/mol. The highest BCUT2D eigenvalue weighted by atomic mass is 35.5. The van der Waals surface area contributed by atoms with Gasteiger partial charge in [0.25, 0.3) is 11.5 Å². The number of likely N-dealkylation sites (N-methyl/N-ethyl adjacent to an activating group) is 1. The van der Waals surface area contributed by atoms with Crippen molar-refractivity contribution in [3.05, 3.63) is 57.4 Å². The van der Waals surface area contributed by atoms with Crippen molar-refractivity contribution in [3.63, 3.8) is 0 Å². The van der Waals surface area contributed by atoms with Crippen LogP contribution in [0.25, 0.3) is 10.9 Å². The molecular formula is C19H18ClFN4O3. The van der Waals surface area contributed by atoms with Gasteiger partial charge in [-0.25, -0.2) is 9.07 Å². The number of aromatic nitrogens is 3. The topological polar surface area (TPSA) is 69.4 Å².